The summed E-state index contributed by atoms with van der Waals surface area (Å²) in [5.74, 6) is -0.141. The molecule has 1 N–H and O–H groups in total. The maximum atomic E-state index is 13.5. The molecule has 4 rings (SSSR count). The van der Waals surface area contributed by atoms with Crippen molar-refractivity contribution in [3.8, 4) is 5.82 Å². The Morgan fingerprint density at radius 2 is 1.79 bits per heavy atom. The van der Waals surface area contributed by atoms with E-state index >= 15 is 0 Å². The molecule has 0 unspecified atom stereocenters. The lowest BCUT2D eigenvalue weighted by Crippen LogP contribution is -2.16. The van der Waals surface area contributed by atoms with Crippen LogP contribution >= 0.6 is 0 Å². The number of aromatic nitrogens is 5. The highest BCUT2D eigenvalue weighted by atomic mass is 19.4. The number of benzene rings is 1. The van der Waals surface area contributed by atoms with Crippen LogP contribution in [0.25, 0.3) is 16.9 Å². The van der Waals surface area contributed by atoms with Crippen molar-refractivity contribution in [2.75, 3.05) is 11.9 Å². The number of hydrogen-bond acceptors (Lipinski definition) is 5. The topological polar surface area (TPSA) is 68.5 Å². The molecule has 0 saturated carbocycles. The SMILES string of the molecule is FC(F)(F)c1cnc(NCCc2ccncc2)nc1-n1cnc2ccccc21. The fraction of sp³-hybridized carbons (Fsp3) is 0.158. The molecule has 0 spiro atoms. The van der Waals surface area contributed by atoms with E-state index in [2.05, 4.69) is 25.3 Å². The van der Waals surface area contributed by atoms with Crippen LogP contribution in [0.5, 0.6) is 0 Å². The van der Waals surface area contributed by atoms with Gasteiger partial charge in [0.2, 0.25) is 5.95 Å². The van der Waals surface area contributed by atoms with Gasteiger partial charge in [-0.1, -0.05) is 12.1 Å². The molecule has 3 aromatic heterocycles. The second kappa shape index (κ2) is 7.26. The molecule has 0 atom stereocenters. The zero-order valence-corrected chi connectivity index (χ0v) is 14.6. The van der Waals surface area contributed by atoms with Gasteiger partial charge < -0.3 is 5.32 Å². The highest BCUT2D eigenvalue weighted by Crippen LogP contribution is 2.34. The minimum absolute atomic E-state index is 0.120. The zero-order valence-electron chi connectivity index (χ0n) is 14.6. The van der Waals surface area contributed by atoms with Crippen LogP contribution in [-0.2, 0) is 12.6 Å². The van der Waals surface area contributed by atoms with Crippen molar-refractivity contribution < 1.29 is 13.2 Å². The molecule has 1 aromatic carbocycles. The Morgan fingerprint density at radius 3 is 2.57 bits per heavy atom. The lowest BCUT2D eigenvalue weighted by Gasteiger charge is -2.14. The third-order valence-electron chi connectivity index (χ3n) is 4.20. The molecular formula is C19H15F3N6. The average Bonchev–Trinajstić information content (AvgIpc) is 3.12. The summed E-state index contributed by atoms with van der Waals surface area (Å²) in [5.41, 5.74) is 1.25. The van der Waals surface area contributed by atoms with Gasteiger partial charge in [0.1, 0.15) is 11.9 Å². The normalized spacial score (nSPS) is 11.7. The lowest BCUT2D eigenvalue weighted by molar-refractivity contribution is -0.137. The fourth-order valence-electron chi connectivity index (χ4n) is 2.84. The molecule has 9 heteroatoms. The number of imidazole rings is 1. The predicted molar refractivity (Wildman–Crippen MR) is 98.1 cm³/mol. The highest BCUT2D eigenvalue weighted by Gasteiger charge is 2.36. The van der Waals surface area contributed by atoms with E-state index in [1.807, 2.05) is 12.1 Å². The molecule has 0 radical (unpaired) electrons. The molecule has 0 aliphatic carbocycles. The van der Waals surface area contributed by atoms with Crippen molar-refractivity contribution in [1.29, 1.82) is 0 Å². The van der Waals surface area contributed by atoms with Crippen LogP contribution in [0.1, 0.15) is 11.1 Å². The number of rotatable bonds is 5. The van der Waals surface area contributed by atoms with Crippen molar-refractivity contribution in [3.05, 3.63) is 72.4 Å². The number of fused-ring (bicyclic) bond motifs is 1. The Bertz CT molecular complexity index is 1090. The van der Waals surface area contributed by atoms with E-state index < -0.39 is 11.7 Å². The summed E-state index contributed by atoms with van der Waals surface area (Å²) in [6, 6.07) is 10.7. The second-order valence-corrected chi connectivity index (χ2v) is 6.06. The first-order valence-electron chi connectivity index (χ1n) is 8.52. The number of para-hydroxylation sites is 2. The van der Waals surface area contributed by atoms with Crippen LogP contribution in [0.4, 0.5) is 19.1 Å². The molecule has 0 saturated heterocycles. The highest BCUT2D eigenvalue weighted by molar-refractivity contribution is 5.77. The van der Waals surface area contributed by atoms with E-state index in [-0.39, 0.29) is 11.8 Å². The molecule has 0 aliphatic heterocycles. The molecule has 0 bridgehead atoms. The van der Waals surface area contributed by atoms with Crippen molar-refractivity contribution in [2.24, 2.45) is 0 Å². The predicted octanol–water partition coefficient (Wildman–Crippen LogP) is 3.88. The average molecular weight is 384 g/mol. The van der Waals surface area contributed by atoms with Crippen molar-refractivity contribution in [2.45, 2.75) is 12.6 Å². The second-order valence-electron chi connectivity index (χ2n) is 6.06. The third-order valence-corrected chi connectivity index (χ3v) is 4.20. The maximum absolute atomic E-state index is 13.5. The van der Waals surface area contributed by atoms with Crippen molar-refractivity contribution in [1.82, 2.24) is 24.5 Å². The molecule has 0 fully saturated rings. The van der Waals surface area contributed by atoms with Gasteiger partial charge >= 0.3 is 6.18 Å². The summed E-state index contributed by atoms with van der Waals surface area (Å²) in [5, 5.41) is 2.98. The van der Waals surface area contributed by atoms with Gasteiger partial charge in [0.15, 0.2) is 5.82 Å². The molecule has 0 aliphatic rings. The largest absolute Gasteiger partial charge is 0.421 e. The number of nitrogens with zero attached hydrogens (tertiary/aromatic N) is 5. The van der Waals surface area contributed by atoms with E-state index in [4.69, 9.17) is 0 Å². The molecule has 4 aromatic rings. The number of anilines is 1. The van der Waals surface area contributed by atoms with Crippen molar-refractivity contribution >= 4 is 17.0 Å². The lowest BCUT2D eigenvalue weighted by atomic mass is 10.2. The number of nitrogens with one attached hydrogen (secondary N) is 1. The molecule has 142 valence electrons. The molecular weight excluding hydrogens is 369 g/mol. The van der Waals surface area contributed by atoms with Crippen LogP contribution in [0.2, 0.25) is 0 Å². The molecule has 6 nitrogen and oxygen atoms in total. The zero-order chi connectivity index (χ0) is 19.6. The Labute approximate surface area is 158 Å². The quantitative estimate of drug-likeness (QED) is 0.566. The van der Waals surface area contributed by atoms with E-state index in [9.17, 15) is 13.2 Å². The molecule has 3 heterocycles. The van der Waals surface area contributed by atoms with Crippen LogP contribution < -0.4 is 5.32 Å². The van der Waals surface area contributed by atoms with Crippen LogP contribution in [-0.4, -0.2) is 31.0 Å². The van der Waals surface area contributed by atoms with Gasteiger partial charge in [-0.25, -0.2) is 9.97 Å². The van der Waals surface area contributed by atoms with Crippen molar-refractivity contribution in [3.63, 3.8) is 0 Å². The van der Waals surface area contributed by atoms with Gasteiger partial charge in [-0.2, -0.15) is 18.2 Å². The summed E-state index contributed by atoms with van der Waals surface area (Å²) in [6.07, 6.45) is 1.58. The maximum Gasteiger partial charge on any atom is 0.421 e. The Morgan fingerprint density at radius 1 is 1.00 bits per heavy atom. The summed E-state index contributed by atoms with van der Waals surface area (Å²) < 4.78 is 41.8. The van der Waals surface area contributed by atoms with Gasteiger partial charge in [-0.3, -0.25) is 9.55 Å². The summed E-state index contributed by atoms with van der Waals surface area (Å²) in [6.45, 7) is 0.472. The molecule has 28 heavy (non-hydrogen) atoms. The minimum Gasteiger partial charge on any atom is -0.354 e. The number of alkyl halides is 3. The molecule has 0 amide bonds. The Hall–Kier alpha value is -3.49. The van der Waals surface area contributed by atoms with Gasteiger partial charge in [0.25, 0.3) is 0 Å². The first-order valence-corrected chi connectivity index (χ1v) is 8.52. The first kappa shape index (κ1) is 17.9. The van der Waals surface area contributed by atoms with Gasteiger partial charge in [-0.05, 0) is 36.2 Å². The number of pyridine rings is 1. The summed E-state index contributed by atoms with van der Waals surface area (Å²) in [7, 11) is 0. The van der Waals surface area contributed by atoms with Gasteiger partial charge in [0, 0.05) is 25.1 Å². The standard InChI is InChI=1S/C19H15F3N6/c20-19(21,22)14-11-25-18(24-10-7-13-5-8-23-9-6-13)27-17(14)28-12-26-15-3-1-2-4-16(15)28/h1-6,8-9,11-12H,7,10H2,(H,24,25,27). The van der Waals surface area contributed by atoms with Gasteiger partial charge in [-0.15, -0.1) is 0 Å². The van der Waals surface area contributed by atoms with Crippen LogP contribution in [0, 0.1) is 0 Å². The third kappa shape index (κ3) is 3.64. The fourth-order valence-corrected chi connectivity index (χ4v) is 2.84. The monoisotopic (exact) mass is 384 g/mol. The number of hydrogen-bond donors (Lipinski definition) is 1. The van der Waals surface area contributed by atoms with E-state index in [0.717, 1.165) is 11.8 Å². The summed E-state index contributed by atoms with van der Waals surface area (Å²) in [4.78, 5) is 16.1. The van der Waals surface area contributed by atoms with Crippen LogP contribution in [0.3, 0.4) is 0 Å². The van der Waals surface area contributed by atoms with Gasteiger partial charge in [0.05, 0.1) is 11.0 Å². The smallest absolute Gasteiger partial charge is 0.354 e. The summed E-state index contributed by atoms with van der Waals surface area (Å²) >= 11 is 0. The minimum atomic E-state index is -4.59. The Balaban J connectivity index is 1.66. The Kier molecular flexibility index (Phi) is 4.64. The van der Waals surface area contributed by atoms with E-state index in [0.29, 0.717) is 24.0 Å². The van der Waals surface area contributed by atoms with Crippen LogP contribution in [0.15, 0.2) is 61.3 Å². The van der Waals surface area contributed by atoms with E-state index in [1.165, 1.54) is 10.9 Å². The number of halogens is 3. The first-order chi connectivity index (χ1) is 13.5. The van der Waals surface area contributed by atoms with E-state index in [1.54, 1.807) is 36.7 Å².